The lowest BCUT2D eigenvalue weighted by Crippen LogP contribution is -2.26. The van der Waals surface area contributed by atoms with E-state index in [9.17, 15) is 0 Å². The molecule has 1 nitrogen and oxygen atoms in total. The molecule has 0 spiro atoms. The highest BCUT2D eigenvalue weighted by molar-refractivity contribution is 5.93. The van der Waals surface area contributed by atoms with Gasteiger partial charge in [-0.3, -0.25) is 0 Å². The smallest absolute Gasteiger partial charge is 0.0450 e. The normalized spacial score (nSPS) is 16.4. The monoisotopic (exact) mass is 591 g/mol. The first kappa shape index (κ1) is 28.1. The van der Waals surface area contributed by atoms with Gasteiger partial charge in [0.1, 0.15) is 0 Å². The van der Waals surface area contributed by atoms with Gasteiger partial charge in [0.05, 0.1) is 0 Å². The maximum atomic E-state index is 2.62. The summed E-state index contributed by atoms with van der Waals surface area (Å²) in [7, 11) is 0. The summed E-state index contributed by atoms with van der Waals surface area (Å²) in [4.78, 5) is 2.62. The minimum atomic E-state index is 0.516. The van der Waals surface area contributed by atoms with Crippen molar-refractivity contribution in [3.8, 4) is 0 Å². The molecule has 2 unspecified atom stereocenters. The van der Waals surface area contributed by atoms with Crippen molar-refractivity contribution in [3.05, 3.63) is 203 Å². The van der Waals surface area contributed by atoms with E-state index in [-0.39, 0.29) is 0 Å². The van der Waals surface area contributed by atoms with Gasteiger partial charge in [-0.05, 0) is 99.3 Å². The Morgan fingerprint density at radius 3 is 1.43 bits per heavy atom. The zero-order chi connectivity index (χ0) is 30.7. The van der Waals surface area contributed by atoms with E-state index in [2.05, 4.69) is 181 Å². The number of nitrogens with zero attached hydrogens (tertiary/aromatic N) is 1. The first-order valence-electron chi connectivity index (χ1n) is 16.5. The van der Waals surface area contributed by atoms with Crippen molar-refractivity contribution >= 4 is 34.7 Å². The summed E-state index contributed by atoms with van der Waals surface area (Å²) in [6.07, 6.45) is 8.46. The van der Waals surface area contributed by atoms with Crippen LogP contribution in [0.1, 0.15) is 64.1 Å². The number of anilines is 2. The molecule has 2 atom stereocenters. The molecule has 6 aromatic carbocycles. The first-order chi connectivity index (χ1) is 22.8. The van der Waals surface area contributed by atoms with Crippen molar-refractivity contribution in [2.75, 3.05) is 4.90 Å². The summed E-state index contributed by atoms with van der Waals surface area (Å²) in [5, 5.41) is 0. The fourth-order valence-corrected chi connectivity index (χ4v) is 7.50. The molecule has 222 valence electrons. The zero-order valence-corrected chi connectivity index (χ0v) is 26.0. The third-order valence-corrected chi connectivity index (χ3v) is 9.65. The summed E-state index contributed by atoms with van der Waals surface area (Å²) in [5.41, 5.74) is 14.1. The Balaban J connectivity index is 1.14. The van der Waals surface area contributed by atoms with E-state index >= 15 is 0 Å². The molecule has 1 aliphatic heterocycles. The molecule has 0 aromatic heterocycles. The van der Waals surface area contributed by atoms with Crippen LogP contribution in [0.3, 0.4) is 0 Å². The molecule has 0 N–H and O–H groups in total. The standard InChI is InChI=1S/C45H37N/c1-5-14-35(15-6-1)41(36-16-7-2-8-17-36)30-33-24-27-39(28-25-33)46-44-23-13-22-40(44)43-32-34(26-29-45(43)46)31-42(37-18-9-3-10-19-37)38-20-11-4-12-21-38/h1-12,14-21,24-32,40,44H,13,22-23H2. The molecule has 1 heterocycles. The Bertz CT molecular complexity index is 1910. The molecular weight excluding hydrogens is 555 g/mol. The summed E-state index contributed by atoms with van der Waals surface area (Å²) in [6.45, 7) is 0. The van der Waals surface area contributed by atoms with Crippen molar-refractivity contribution in [3.63, 3.8) is 0 Å². The van der Waals surface area contributed by atoms with Crippen LogP contribution >= 0.6 is 0 Å². The number of rotatable bonds is 7. The molecule has 0 bridgehead atoms. The Labute approximate surface area is 272 Å². The number of benzene rings is 6. The highest BCUT2D eigenvalue weighted by Gasteiger charge is 2.42. The van der Waals surface area contributed by atoms with Crippen LogP contribution in [0.25, 0.3) is 23.3 Å². The largest absolute Gasteiger partial charge is 0.338 e. The van der Waals surface area contributed by atoms with Gasteiger partial charge in [0.15, 0.2) is 0 Å². The van der Waals surface area contributed by atoms with Crippen LogP contribution in [-0.4, -0.2) is 6.04 Å². The highest BCUT2D eigenvalue weighted by atomic mass is 15.2. The van der Waals surface area contributed by atoms with E-state index in [1.807, 2.05) is 0 Å². The lowest BCUT2D eigenvalue weighted by atomic mass is 9.93. The van der Waals surface area contributed by atoms with Crippen LogP contribution in [0, 0.1) is 0 Å². The molecule has 0 saturated heterocycles. The third-order valence-electron chi connectivity index (χ3n) is 9.65. The van der Waals surface area contributed by atoms with E-state index in [0.29, 0.717) is 12.0 Å². The Morgan fingerprint density at radius 2 is 0.935 bits per heavy atom. The highest BCUT2D eigenvalue weighted by Crippen LogP contribution is 2.52. The van der Waals surface area contributed by atoms with Crippen LogP contribution in [0.4, 0.5) is 11.4 Å². The van der Waals surface area contributed by atoms with E-state index in [0.717, 1.165) is 0 Å². The number of hydrogen-bond acceptors (Lipinski definition) is 1. The Morgan fingerprint density at radius 1 is 0.478 bits per heavy atom. The van der Waals surface area contributed by atoms with Crippen LogP contribution in [-0.2, 0) is 0 Å². The lowest BCUT2D eigenvalue weighted by molar-refractivity contribution is 0.642. The van der Waals surface area contributed by atoms with Crippen LogP contribution < -0.4 is 4.90 Å². The maximum Gasteiger partial charge on any atom is 0.0450 e. The average Bonchev–Trinajstić information content (AvgIpc) is 3.73. The quantitative estimate of drug-likeness (QED) is 0.167. The van der Waals surface area contributed by atoms with Gasteiger partial charge in [0.2, 0.25) is 0 Å². The third kappa shape index (κ3) is 5.50. The van der Waals surface area contributed by atoms with Gasteiger partial charge in [0, 0.05) is 23.3 Å². The summed E-state index contributed by atoms with van der Waals surface area (Å²) < 4.78 is 0. The van der Waals surface area contributed by atoms with Gasteiger partial charge in [-0.1, -0.05) is 146 Å². The second-order valence-corrected chi connectivity index (χ2v) is 12.5. The zero-order valence-electron chi connectivity index (χ0n) is 26.0. The van der Waals surface area contributed by atoms with E-state index < -0.39 is 0 Å². The van der Waals surface area contributed by atoms with Crippen molar-refractivity contribution in [2.45, 2.75) is 31.2 Å². The maximum absolute atomic E-state index is 2.62. The van der Waals surface area contributed by atoms with E-state index in [4.69, 9.17) is 0 Å². The van der Waals surface area contributed by atoms with Gasteiger partial charge < -0.3 is 4.90 Å². The molecule has 8 rings (SSSR count). The van der Waals surface area contributed by atoms with Crippen molar-refractivity contribution < 1.29 is 0 Å². The van der Waals surface area contributed by atoms with Crippen LogP contribution in [0.15, 0.2) is 164 Å². The summed E-state index contributed by atoms with van der Waals surface area (Å²) >= 11 is 0. The minimum Gasteiger partial charge on any atom is -0.338 e. The summed E-state index contributed by atoms with van der Waals surface area (Å²) in [6, 6.07) is 59.8. The fraction of sp³-hybridized carbons (Fsp3) is 0.111. The predicted molar refractivity (Wildman–Crippen MR) is 195 cm³/mol. The lowest BCUT2D eigenvalue weighted by Gasteiger charge is -2.27. The molecule has 0 radical (unpaired) electrons. The van der Waals surface area contributed by atoms with Gasteiger partial charge in [-0.15, -0.1) is 0 Å². The van der Waals surface area contributed by atoms with E-state index in [1.54, 1.807) is 0 Å². The average molecular weight is 592 g/mol. The van der Waals surface area contributed by atoms with Crippen molar-refractivity contribution in [2.24, 2.45) is 0 Å². The predicted octanol–water partition coefficient (Wildman–Crippen LogP) is 11.7. The van der Waals surface area contributed by atoms with E-state index in [1.165, 1.54) is 80.7 Å². The molecule has 1 saturated carbocycles. The first-order valence-corrected chi connectivity index (χ1v) is 16.5. The molecule has 1 aliphatic carbocycles. The fourth-order valence-electron chi connectivity index (χ4n) is 7.50. The van der Waals surface area contributed by atoms with Crippen molar-refractivity contribution in [1.29, 1.82) is 0 Å². The second-order valence-electron chi connectivity index (χ2n) is 12.5. The molecule has 46 heavy (non-hydrogen) atoms. The molecule has 2 aliphatic rings. The number of hydrogen-bond donors (Lipinski definition) is 0. The Hall–Kier alpha value is -5.40. The van der Waals surface area contributed by atoms with Crippen LogP contribution in [0.5, 0.6) is 0 Å². The van der Waals surface area contributed by atoms with Gasteiger partial charge in [0.25, 0.3) is 0 Å². The van der Waals surface area contributed by atoms with Crippen LogP contribution in [0.2, 0.25) is 0 Å². The molecule has 1 heteroatoms. The molecular formula is C45H37N. The second kappa shape index (κ2) is 12.5. The molecule has 6 aromatic rings. The Kier molecular flexibility index (Phi) is 7.66. The van der Waals surface area contributed by atoms with Gasteiger partial charge in [-0.25, -0.2) is 0 Å². The number of fused-ring (bicyclic) bond motifs is 3. The topological polar surface area (TPSA) is 3.24 Å². The van der Waals surface area contributed by atoms with Crippen molar-refractivity contribution in [1.82, 2.24) is 0 Å². The SMILES string of the molecule is C(=C(c1ccccc1)c1ccccc1)c1ccc(N2c3ccc(C=C(c4ccccc4)c4ccccc4)cc3C3CCCC32)cc1. The van der Waals surface area contributed by atoms with Gasteiger partial charge >= 0.3 is 0 Å². The molecule has 0 amide bonds. The molecule has 1 fully saturated rings. The summed E-state index contributed by atoms with van der Waals surface area (Å²) in [5.74, 6) is 0.572. The minimum absolute atomic E-state index is 0.516. The van der Waals surface area contributed by atoms with Gasteiger partial charge in [-0.2, -0.15) is 0 Å².